The number of carbonyl (C=O) groups excluding carboxylic acids is 3. The zero-order chi connectivity index (χ0) is 21.1. The van der Waals surface area contributed by atoms with Gasteiger partial charge in [-0.1, -0.05) is 42.5 Å². The summed E-state index contributed by atoms with van der Waals surface area (Å²) in [4.78, 5) is 35.0. The summed E-state index contributed by atoms with van der Waals surface area (Å²) in [5.74, 6) is -1.36. The van der Waals surface area contributed by atoms with Crippen LogP contribution >= 0.6 is 0 Å². The highest BCUT2D eigenvalue weighted by Gasteiger charge is 2.12. The molecule has 0 aromatic heterocycles. The Kier molecular flexibility index (Phi) is 8.37. The second kappa shape index (κ2) is 11.2. The van der Waals surface area contributed by atoms with Crippen LogP contribution in [-0.2, 0) is 20.9 Å². The van der Waals surface area contributed by atoms with E-state index < -0.39 is 11.8 Å². The van der Waals surface area contributed by atoms with Crippen LogP contribution in [0.25, 0.3) is 0 Å². The Labute approximate surface area is 169 Å². The third-order valence-corrected chi connectivity index (χ3v) is 3.57. The first-order chi connectivity index (χ1) is 13.9. The van der Waals surface area contributed by atoms with Crippen LogP contribution in [0, 0.1) is 0 Å². The van der Waals surface area contributed by atoms with E-state index in [1.54, 1.807) is 38.1 Å². The topological polar surface area (TPSA) is 109 Å². The molecule has 0 fully saturated rings. The first kappa shape index (κ1) is 21.6. The van der Waals surface area contributed by atoms with Crippen molar-refractivity contribution in [2.24, 2.45) is 5.10 Å². The second-order valence-electron chi connectivity index (χ2n) is 6.45. The Bertz CT molecular complexity index is 866. The fourth-order valence-corrected chi connectivity index (χ4v) is 2.23. The average molecular weight is 396 g/mol. The number of rotatable bonds is 8. The number of hydrazone groups is 1. The molecule has 0 saturated carbocycles. The molecule has 0 heterocycles. The largest absolute Gasteiger partial charge is 0.484 e. The number of ether oxygens (including phenoxy) is 1. The van der Waals surface area contributed by atoms with E-state index in [1.165, 1.54) is 6.21 Å². The molecule has 2 rings (SSSR count). The molecule has 2 aromatic rings. The van der Waals surface area contributed by atoms with Crippen LogP contribution in [0.4, 0.5) is 0 Å². The van der Waals surface area contributed by atoms with Crippen LogP contribution in [-0.4, -0.2) is 36.6 Å². The fraction of sp³-hybridized carbons (Fsp3) is 0.238. The lowest BCUT2D eigenvalue weighted by Crippen LogP contribution is -2.41. The van der Waals surface area contributed by atoms with Crippen LogP contribution in [0.3, 0.4) is 0 Å². The maximum Gasteiger partial charge on any atom is 0.329 e. The van der Waals surface area contributed by atoms with Crippen molar-refractivity contribution in [2.75, 3.05) is 6.61 Å². The molecular weight excluding hydrogens is 372 g/mol. The Balaban J connectivity index is 1.79. The van der Waals surface area contributed by atoms with Gasteiger partial charge in [-0.2, -0.15) is 5.10 Å². The molecule has 0 atom stereocenters. The third-order valence-electron chi connectivity index (χ3n) is 3.57. The molecular formula is C21H24N4O4. The van der Waals surface area contributed by atoms with Crippen molar-refractivity contribution in [1.29, 1.82) is 0 Å². The normalized spacial score (nSPS) is 10.6. The Morgan fingerprint density at radius 2 is 1.79 bits per heavy atom. The summed E-state index contributed by atoms with van der Waals surface area (Å²) in [6.45, 7) is 3.81. The monoisotopic (exact) mass is 396 g/mol. The molecule has 152 valence electrons. The van der Waals surface area contributed by atoms with E-state index in [1.807, 2.05) is 30.3 Å². The minimum Gasteiger partial charge on any atom is -0.484 e. The molecule has 0 spiro atoms. The molecule has 0 aliphatic carbocycles. The van der Waals surface area contributed by atoms with E-state index in [0.29, 0.717) is 17.9 Å². The van der Waals surface area contributed by atoms with Gasteiger partial charge < -0.3 is 15.4 Å². The molecule has 8 nitrogen and oxygen atoms in total. The van der Waals surface area contributed by atoms with Gasteiger partial charge in [-0.25, -0.2) is 5.43 Å². The predicted molar refractivity (Wildman–Crippen MR) is 109 cm³/mol. The van der Waals surface area contributed by atoms with Gasteiger partial charge in [0.15, 0.2) is 6.61 Å². The summed E-state index contributed by atoms with van der Waals surface area (Å²) in [6.07, 6.45) is 1.38. The second-order valence-corrected chi connectivity index (χ2v) is 6.45. The fourth-order valence-electron chi connectivity index (χ4n) is 2.23. The molecule has 3 N–H and O–H groups in total. The van der Waals surface area contributed by atoms with Crippen molar-refractivity contribution in [1.82, 2.24) is 16.1 Å². The van der Waals surface area contributed by atoms with Gasteiger partial charge in [-0.15, -0.1) is 0 Å². The number of hydrogen-bond acceptors (Lipinski definition) is 5. The smallest absolute Gasteiger partial charge is 0.329 e. The molecule has 0 aliphatic heterocycles. The van der Waals surface area contributed by atoms with E-state index in [9.17, 15) is 14.4 Å². The van der Waals surface area contributed by atoms with E-state index in [4.69, 9.17) is 4.74 Å². The number of hydrogen-bond donors (Lipinski definition) is 3. The summed E-state index contributed by atoms with van der Waals surface area (Å²) in [5, 5.41) is 8.99. The SMILES string of the molecule is CC(C)NC(=O)C(=O)N/N=C\c1cccc(OCC(=O)NCc2ccccc2)c1. The molecule has 2 aromatic carbocycles. The van der Waals surface area contributed by atoms with Crippen LogP contribution in [0.2, 0.25) is 0 Å². The highest BCUT2D eigenvalue weighted by Crippen LogP contribution is 2.11. The summed E-state index contributed by atoms with van der Waals surface area (Å²) < 4.78 is 5.48. The maximum absolute atomic E-state index is 11.9. The Morgan fingerprint density at radius 3 is 2.52 bits per heavy atom. The van der Waals surface area contributed by atoms with Gasteiger partial charge in [0.05, 0.1) is 6.21 Å². The molecule has 0 unspecified atom stereocenters. The quantitative estimate of drug-likeness (QED) is 0.356. The van der Waals surface area contributed by atoms with Crippen molar-refractivity contribution >= 4 is 23.9 Å². The molecule has 0 aliphatic rings. The summed E-state index contributed by atoms with van der Waals surface area (Å²) >= 11 is 0. The zero-order valence-electron chi connectivity index (χ0n) is 16.3. The lowest BCUT2D eigenvalue weighted by atomic mass is 10.2. The third kappa shape index (κ3) is 8.25. The maximum atomic E-state index is 11.9. The van der Waals surface area contributed by atoms with Crippen LogP contribution in [0.1, 0.15) is 25.0 Å². The predicted octanol–water partition coefficient (Wildman–Crippen LogP) is 1.36. The zero-order valence-corrected chi connectivity index (χ0v) is 16.3. The van der Waals surface area contributed by atoms with Crippen molar-refractivity contribution in [2.45, 2.75) is 26.4 Å². The number of nitrogens with one attached hydrogen (secondary N) is 3. The van der Waals surface area contributed by atoms with Crippen LogP contribution in [0.5, 0.6) is 5.75 Å². The standard InChI is InChI=1S/C21H24N4O4/c1-15(2)24-20(27)21(28)25-23-13-17-9-6-10-18(11-17)29-14-19(26)22-12-16-7-4-3-5-8-16/h3-11,13,15H,12,14H2,1-2H3,(H,22,26)(H,24,27)(H,25,28)/b23-13-. The summed E-state index contributed by atoms with van der Waals surface area (Å²) in [7, 11) is 0. The van der Waals surface area contributed by atoms with Crippen molar-refractivity contribution < 1.29 is 19.1 Å². The number of benzene rings is 2. The first-order valence-electron chi connectivity index (χ1n) is 9.11. The summed E-state index contributed by atoms with van der Waals surface area (Å²) in [5.41, 5.74) is 3.79. The van der Waals surface area contributed by atoms with Gasteiger partial charge in [0, 0.05) is 12.6 Å². The lowest BCUT2D eigenvalue weighted by molar-refractivity contribution is -0.139. The van der Waals surface area contributed by atoms with Gasteiger partial charge in [0.25, 0.3) is 5.91 Å². The van der Waals surface area contributed by atoms with Crippen LogP contribution < -0.4 is 20.8 Å². The van der Waals surface area contributed by atoms with E-state index in [-0.39, 0.29) is 18.6 Å². The molecule has 3 amide bonds. The molecule has 29 heavy (non-hydrogen) atoms. The van der Waals surface area contributed by atoms with Gasteiger partial charge in [-0.3, -0.25) is 14.4 Å². The molecule has 0 bridgehead atoms. The number of carbonyl (C=O) groups is 3. The molecule has 0 saturated heterocycles. The van der Waals surface area contributed by atoms with E-state index in [0.717, 1.165) is 5.56 Å². The van der Waals surface area contributed by atoms with E-state index >= 15 is 0 Å². The Morgan fingerprint density at radius 1 is 1.03 bits per heavy atom. The number of nitrogens with zero attached hydrogens (tertiary/aromatic N) is 1. The minimum absolute atomic E-state index is 0.125. The number of amides is 3. The average Bonchev–Trinajstić information content (AvgIpc) is 2.71. The molecule has 8 heteroatoms. The summed E-state index contributed by atoms with van der Waals surface area (Å²) in [6, 6.07) is 16.3. The van der Waals surface area contributed by atoms with Gasteiger partial charge in [-0.05, 0) is 37.1 Å². The van der Waals surface area contributed by atoms with E-state index in [2.05, 4.69) is 21.2 Å². The van der Waals surface area contributed by atoms with Crippen molar-refractivity contribution in [3.63, 3.8) is 0 Å². The lowest BCUT2D eigenvalue weighted by Gasteiger charge is -2.08. The van der Waals surface area contributed by atoms with Gasteiger partial charge in [0.2, 0.25) is 0 Å². The van der Waals surface area contributed by atoms with Crippen molar-refractivity contribution in [3.05, 3.63) is 65.7 Å². The Hall–Kier alpha value is -3.68. The minimum atomic E-state index is -0.850. The highest BCUT2D eigenvalue weighted by atomic mass is 16.5. The van der Waals surface area contributed by atoms with Gasteiger partial charge in [0.1, 0.15) is 5.75 Å². The van der Waals surface area contributed by atoms with Crippen molar-refractivity contribution in [3.8, 4) is 5.75 Å². The highest BCUT2D eigenvalue weighted by molar-refractivity contribution is 6.35. The first-order valence-corrected chi connectivity index (χ1v) is 9.11. The van der Waals surface area contributed by atoms with Gasteiger partial charge >= 0.3 is 11.8 Å². The van der Waals surface area contributed by atoms with Crippen LogP contribution in [0.15, 0.2) is 59.7 Å². The molecule has 0 radical (unpaired) electrons.